The number of terminal acetylenes is 1. The summed E-state index contributed by atoms with van der Waals surface area (Å²) in [6.07, 6.45) is 6.84. The number of carbonyl (C=O) groups is 3. The average Bonchev–Trinajstić information content (AvgIpc) is 2.87. The highest BCUT2D eigenvalue weighted by Crippen LogP contribution is 2.31. The molecule has 0 radical (unpaired) electrons. The molecule has 11 heteroatoms. The van der Waals surface area contributed by atoms with Gasteiger partial charge in [0.05, 0.1) is 34.2 Å². The number of carboxylic acids is 1. The summed E-state index contributed by atoms with van der Waals surface area (Å²) in [5.41, 5.74) is 1.20. The fourth-order valence-electron chi connectivity index (χ4n) is 3.42. The predicted octanol–water partition coefficient (Wildman–Crippen LogP) is 3.64. The van der Waals surface area contributed by atoms with E-state index < -0.39 is 29.9 Å². The van der Waals surface area contributed by atoms with E-state index in [1.165, 1.54) is 12.1 Å². The van der Waals surface area contributed by atoms with Gasteiger partial charge in [-0.3, -0.25) is 9.59 Å². The molecule has 1 unspecified atom stereocenters. The molecular weight excluding hydrogens is 553 g/mol. The molecule has 0 spiro atoms. The predicted molar refractivity (Wildman–Crippen MR) is 148 cm³/mol. The van der Waals surface area contributed by atoms with Gasteiger partial charge < -0.3 is 26.2 Å². The molecule has 0 saturated carbocycles. The van der Waals surface area contributed by atoms with Crippen molar-refractivity contribution in [1.82, 2.24) is 16.0 Å². The number of halogens is 3. The van der Waals surface area contributed by atoms with Crippen molar-refractivity contribution in [3.05, 3.63) is 80.8 Å². The van der Waals surface area contributed by atoms with Gasteiger partial charge in [0.15, 0.2) is 0 Å². The fraction of sp³-hybridized carbons (Fsp3) is 0.296. The number of carbonyl (C=O) groups excluding carboxylic acids is 2. The van der Waals surface area contributed by atoms with Crippen LogP contribution in [0.3, 0.4) is 0 Å². The van der Waals surface area contributed by atoms with Gasteiger partial charge in [-0.25, -0.2) is 4.79 Å². The molecule has 8 nitrogen and oxygen atoms in total. The lowest BCUT2D eigenvalue weighted by atomic mass is 10.00. The first-order chi connectivity index (χ1) is 18.0. The standard InChI is InChI=1S/C27H28Cl3N3O5/c1-3-16(4-2)13-31-15-24(35)32-14-22(27(37)38)33-26(36)25-20(29)11-18(12-21(25)30)23(34)9-8-17-6-5-7-19(28)10-17/h1,4-7,10-12,16,22-23,31,34H,2,8-9,13-15H2,(H,32,35)(H,33,36)(H,37,38)/t16-,22-,23?/m0/s1. The van der Waals surface area contributed by atoms with E-state index >= 15 is 0 Å². The summed E-state index contributed by atoms with van der Waals surface area (Å²) in [6.45, 7) is 3.43. The van der Waals surface area contributed by atoms with E-state index in [4.69, 9.17) is 41.2 Å². The second kappa shape index (κ2) is 15.4. The zero-order valence-electron chi connectivity index (χ0n) is 20.3. The number of hydrogen-bond donors (Lipinski definition) is 5. The molecule has 0 aliphatic rings. The number of carboxylic acid groups (broad SMARTS) is 1. The van der Waals surface area contributed by atoms with Gasteiger partial charge in [0.2, 0.25) is 5.91 Å². The Bertz CT molecular complexity index is 1190. The van der Waals surface area contributed by atoms with E-state index in [2.05, 4.69) is 28.4 Å². The van der Waals surface area contributed by atoms with Gasteiger partial charge in [-0.2, -0.15) is 0 Å². The number of nitrogens with one attached hydrogen (secondary N) is 3. The number of hydrogen-bond acceptors (Lipinski definition) is 5. The Labute approximate surface area is 236 Å². The number of aliphatic hydroxyl groups is 1. The minimum Gasteiger partial charge on any atom is -0.480 e. The van der Waals surface area contributed by atoms with Crippen molar-refractivity contribution in [3.8, 4) is 12.3 Å². The van der Waals surface area contributed by atoms with Crippen LogP contribution in [0.4, 0.5) is 0 Å². The Morgan fingerprint density at radius 3 is 2.37 bits per heavy atom. The lowest BCUT2D eigenvalue weighted by Gasteiger charge is -2.18. The van der Waals surface area contributed by atoms with E-state index in [-0.39, 0.29) is 34.6 Å². The number of rotatable bonds is 14. The quantitative estimate of drug-likeness (QED) is 0.172. The molecule has 0 aliphatic carbocycles. The lowest BCUT2D eigenvalue weighted by molar-refractivity contribution is -0.139. The molecule has 0 fully saturated rings. The molecule has 2 aromatic carbocycles. The average molecular weight is 581 g/mol. The third-order valence-corrected chi connectivity index (χ3v) is 6.36. The summed E-state index contributed by atoms with van der Waals surface area (Å²) in [6, 6.07) is 8.62. The molecule has 0 saturated heterocycles. The molecule has 0 heterocycles. The van der Waals surface area contributed by atoms with Crippen molar-refractivity contribution in [2.45, 2.75) is 25.0 Å². The van der Waals surface area contributed by atoms with Crippen LogP contribution < -0.4 is 16.0 Å². The Morgan fingerprint density at radius 2 is 1.79 bits per heavy atom. The molecular formula is C27H28Cl3N3O5. The number of aryl methyl sites for hydroxylation is 1. The highest BCUT2D eigenvalue weighted by atomic mass is 35.5. The van der Waals surface area contributed by atoms with Gasteiger partial charge in [-0.1, -0.05) is 58.9 Å². The normalized spacial score (nSPS) is 13.0. The van der Waals surface area contributed by atoms with Crippen LogP contribution in [-0.4, -0.2) is 53.7 Å². The second-order valence-electron chi connectivity index (χ2n) is 8.35. The molecule has 2 amide bonds. The maximum atomic E-state index is 12.8. The van der Waals surface area contributed by atoms with Crippen molar-refractivity contribution in [2.75, 3.05) is 19.6 Å². The van der Waals surface area contributed by atoms with Crippen molar-refractivity contribution in [2.24, 2.45) is 5.92 Å². The maximum absolute atomic E-state index is 12.8. The Morgan fingerprint density at radius 1 is 1.11 bits per heavy atom. The van der Waals surface area contributed by atoms with E-state index in [1.807, 2.05) is 12.1 Å². The first-order valence-corrected chi connectivity index (χ1v) is 12.7. The number of amides is 2. The molecule has 0 aromatic heterocycles. The minimum atomic E-state index is -1.45. The van der Waals surface area contributed by atoms with Crippen LogP contribution in [0.2, 0.25) is 15.1 Å². The summed E-state index contributed by atoms with van der Waals surface area (Å²) in [7, 11) is 0. The van der Waals surface area contributed by atoms with Crippen molar-refractivity contribution in [1.29, 1.82) is 0 Å². The molecule has 2 aromatic rings. The van der Waals surface area contributed by atoms with Crippen molar-refractivity contribution >= 4 is 52.6 Å². The van der Waals surface area contributed by atoms with Crippen molar-refractivity contribution in [3.63, 3.8) is 0 Å². The minimum absolute atomic E-state index is 0.0607. The van der Waals surface area contributed by atoms with Gasteiger partial charge in [-0.05, 0) is 48.2 Å². The molecule has 38 heavy (non-hydrogen) atoms. The van der Waals surface area contributed by atoms with Crippen LogP contribution in [0.25, 0.3) is 0 Å². The summed E-state index contributed by atoms with van der Waals surface area (Å²) in [4.78, 5) is 36.5. The molecule has 0 aliphatic heterocycles. The molecule has 3 atom stereocenters. The topological polar surface area (TPSA) is 128 Å². The monoisotopic (exact) mass is 579 g/mol. The van der Waals surface area contributed by atoms with Crippen LogP contribution in [0.1, 0.15) is 34.0 Å². The highest BCUT2D eigenvalue weighted by Gasteiger charge is 2.25. The number of benzene rings is 2. The zero-order chi connectivity index (χ0) is 28.2. The van der Waals surface area contributed by atoms with E-state index in [9.17, 15) is 24.6 Å². The van der Waals surface area contributed by atoms with Gasteiger partial charge in [-0.15, -0.1) is 13.0 Å². The third kappa shape index (κ3) is 9.67. The first-order valence-electron chi connectivity index (χ1n) is 11.6. The van der Waals surface area contributed by atoms with Gasteiger partial charge in [0.1, 0.15) is 6.04 Å². The number of aliphatic hydroxyl groups excluding tert-OH is 1. The van der Waals surface area contributed by atoms with Crippen molar-refractivity contribution < 1.29 is 24.6 Å². The van der Waals surface area contributed by atoms with E-state index in [1.54, 1.807) is 18.2 Å². The van der Waals surface area contributed by atoms with Gasteiger partial charge in [0.25, 0.3) is 5.91 Å². The zero-order valence-corrected chi connectivity index (χ0v) is 22.6. The highest BCUT2D eigenvalue weighted by molar-refractivity contribution is 6.39. The van der Waals surface area contributed by atoms with Crippen LogP contribution in [0, 0.1) is 18.3 Å². The Balaban J connectivity index is 1.98. The Hall–Kier alpha value is -3.06. The number of aliphatic carboxylic acids is 1. The van der Waals surface area contributed by atoms with E-state index in [0.29, 0.717) is 30.0 Å². The summed E-state index contributed by atoms with van der Waals surface area (Å²) >= 11 is 18.6. The maximum Gasteiger partial charge on any atom is 0.328 e. The van der Waals surface area contributed by atoms with E-state index in [0.717, 1.165) is 5.56 Å². The summed E-state index contributed by atoms with van der Waals surface area (Å²) < 4.78 is 0. The Kier molecular flexibility index (Phi) is 12.6. The second-order valence-corrected chi connectivity index (χ2v) is 9.60. The van der Waals surface area contributed by atoms with Crippen LogP contribution >= 0.6 is 34.8 Å². The van der Waals surface area contributed by atoms with Gasteiger partial charge >= 0.3 is 5.97 Å². The van der Waals surface area contributed by atoms with Crippen LogP contribution in [0.5, 0.6) is 0 Å². The smallest absolute Gasteiger partial charge is 0.328 e. The molecule has 202 valence electrons. The lowest BCUT2D eigenvalue weighted by Crippen LogP contribution is -2.49. The SMILES string of the molecule is C#C[C@@H](C=C)CNCC(=O)NC[C@H](NC(=O)c1c(Cl)cc(C(O)CCc2cccc(Cl)c2)cc1Cl)C(=O)O. The largest absolute Gasteiger partial charge is 0.480 e. The summed E-state index contributed by atoms with van der Waals surface area (Å²) in [5.74, 6) is -0.470. The fourth-order valence-corrected chi connectivity index (χ4v) is 4.31. The van der Waals surface area contributed by atoms with Crippen LogP contribution in [-0.2, 0) is 16.0 Å². The van der Waals surface area contributed by atoms with Gasteiger partial charge in [0, 0.05) is 18.1 Å². The van der Waals surface area contributed by atoms with Crippen LogP contribution in [0.15, 0.2) is 49.1 Å². The molecule has 5 N–H and O–H groups in total. The molecule has 2 rings (SSSR count). The molecule has 0 bridgehead atoms. The third-order valence-electron chi connectivity index (χ3n) is 5.53. The first kappa shape index (κ1) is 31.2. The summed E-state index contributed by atoms with van der Waals surface area (Å²) in [5, 5.41) is 28.1.